The van der Waals surface area contributed by atoms with E-state index in [2.05, 4.69) is 0 Å². The Morgan fingerprint density at radius 2 is 1.88 bits per heavy atom. The number of esters is 1. The van der Waals surface area contributed by atoms with Crippen LogP contribution < -0.4 is 0 Å². The standard InChI is InChI=1S/C15H13Cl4NO4/c1-15(2)9(5-12(18)19)13(15)14(21)24-6-8-10(16)3-7(20(22)23)4-11(8)17/h3-5,9,13H,6H2,1-2H3/t9-,13+/m0/s1. The molecule has 1 saturated carbocycles. The molecule has 0 aromatic heterocycles. The van der Waals surface area contributed by atoms with Gasteiger partial charge in [-0.3, -0.25) is 14.9 Å². The maximum atomic E-state index is 12.3. The lowest BCUT2D eigenvalue weighted by molar-refractivity contribution is -0.384. The smallest absolute Gasteiger partial charge is 0.310 e. The first-order valence-corrected chi connectivity index (χ1v) is 8.38. The molecule has 0 spiro atoms. The molecule has 0 radical (unpaired) electrons. The molecule has 130 valence electrons. The summed E-state index contributed by atoms with van der Waals surface area (Å²) in [6.07, 6.45) is 1.61. The van der Waals surface area contributed by atoms with Gasteiger partial charge in [0.25, 0.3) is 5.69 Å². The molecule has 1 fully saturated rings. The highest BCUT2D eigenvalue weighted by Crippen LogP contribution is 2.60. The molecule has 0 heterocycles. The Labute approximate surface area is 158 Å². The summed E-state index contributed by atoms with van der Waals surface area (Å²) in [5.41, 5.74) is -0.224. The molecule has 0 aliphatic heterocycles. The van der Waals surface area contributed by atoms with Gasteiger partial charge in [0, 0.05) is 17.7 Å². The Bertz CT molecular complexity index is 705. The van der Waals surface area contributed by atoms with Crippen LogP contribution in [0.2, 0.25) is 10.0 Å². The fourth-order valence-electron chi connectivity index (χ4n) is 2.64. The van der Waals surface area contributed by atoms with Crippen LogP contribution in [0.25, 0.3) is 0 Å². The van der Waals surface area contributed by atoms with Crippen molar-refractivity contribution in [1.82, 2.24) is 0 Å². The van der Waals surface area contributed by atoms with Crippen LogP contribution in [0.5, 0.6) is 0 Å². The average Bonchev–Trinajstić information content (AvgIpc) is 2.97. The lowest BCUT2D eigenvalue weighted by Crippen LogP contribution is -2.11. The summed E-state index contributed by atoms with van der Waals surface area (Å²) in [4.78, 5) is 22.4. The molecular weight excluding hydrogens is 400 g/mol. The van der Waals surface area contributed by atoms with Crippen molar-refractivity contribution in [2.45, 2.75) is 20.5 Å². The van der Waals surface area contributed by atoms with Crippen LogP contribution in [0.3, 0.4) is 0 Å². The number of allylic oxidation sites excluding steroid dienone is 1. The van der Waals surface area contributed by atoms with Gasteiger partial charge in [-0.25, -0.2) is 0 Å². The van der Waals surface area contributed by atoms with Crippen LogP contribution in [0.4, 0.5) is 5.69 Å². The number of halogens is 4. The number of ether oxygens (including phenoxy) is 1. The minimum atomic E-state index is -0.604. The molecule has 1 aliphatic rings. The lowest BCUT2D eigenvalue weighted by Gasteiger charge is -2.09. The summed E-state index contributed by atoms with van der Waals surface area (Å²) in [5.74, 6) is -0.917. The maximum absolute atomic E-state index is 12.3. The molecule has 0 N–H and O–H groups in total. The number of nitro benzene ring substituents is 1. The zero-order valence-electron chi connectivity index (χ0n) is 12.7. The number of nitro groups is 1. The van der Waals surface area contributed by atoms with Crippen molar-refractivity contribution in [3.05, 3.63) is 48.4 Å². The van der Waals surface area contributed by atoms with Crippen molar-refractivity contribution in [2.75, 3.05) is 0 Å². The highest BCUT2D eigenvalue weighted by atomic mass is 35.5. The van der Waals surface area contributed by atoms with Crippen LogP contribution >= 0.6 is 46.4 Å². The van der Waals surface area contributed by atoms with Gasteiger partial charge in [-0.05, 0) is 17.4 Å². The molecule has 0 bridgehead atoms. The van der Waals surface area contributed by atoms with Gasteiger partial charge in [-0.15, -0.1) is 0 Å². The SMILES string of the molecule is CC1(C)[C@@H](C=C(Cl)Cl)[C@@H]1C(=O)OCc1c(Cl)cc([N+](=O)[O-])cc1Cl. The predicted octanol–water partition coefficient (Wildman–Crippen LogP) is 5.54. The molecule has 0 amide bonds. The van der Waals surface area contributed by atoms with Gasteiger partial charge in [0.05, 0.1) is 20.9 Å². The fourth-order valence-corrected chi connectivity index (χ4v) is 3.50. The molecule has 9 heteroatoms. The second-order valence-electron chi connectivity index (χ2n) is 6.03. The van der Waals surface area contributed by atoms with E-state index < -0.39 is 10.9 Å². The number of nitrogens with zero attached hydrogens (tertiary/aromatic N) is 1. The molecular formula is C15H13Cl4NO4. The molecule has 2 rings (SSSR count). The van der Waals surface area contributed by atoms with E-state index in [1.54, 1.807) is 6.08 Å². The topological polar surface area (TPSA) is 69.4 Å². The van der Waals surface area contributed by atoms with Gasteiger partial charge < -0.3 is 4.74 Å². The summed E-state index contributed by atoms with van der Waals surface area (Å²) < 4.78 is 5.37. The maximum Gasteiger partial charge on any atom is 0.310 e. The quantitative estimate of drug-likeness (QED) is 0.361. The normalized spacial score (nSPS) is 21.1. The minimum Gasteiger partial charge on any atom is -0.460 e. The molecule has 1 aromatic carbocycles. The van der Waals surface area contributed by atoms with Crippen molar-refractivity contribution in [3.63, 3.8) is 0 Å². The minimum absolute atomic E-state index is 0.0669. The van der Waals surface area contributed by atoms with Crippen molar-refractivity contribution in [2.24, 2.45) is 17.3 Å². The van der Waals surface area contributed by atoms with E-state index in [1.807, 2.05) is 13.8 Å². The molecule has 1 aliphatic carbocycles. The number of carbonyl (C=O) groups is 1. The first-order chi connectivity index (χ1) is 11.1. The van der Waals surface area contributed by atoms with E-state index in [0.717, 1.165) is 12.1 Å². The first-order valence-electron chi connectivity index (χ1n) is 6.87. The number of hydrogen-bond acceptors (Lipinski definition) is 4. The average molecular weight is 413 g/mol. The monoisotopic (exact) mass is 411 g/mol. The van der Waals surface area contributed by atoms with Crippen molar-refractivity contribution < 1.29 is 14.5 Å². The van der Waals surface area contributed by atoms with Crippen LogP contribution in [0, 0.1) is 27.4 Å². The Morgan fingerprint density at radius 1 is 1.33 bits per heavy atom. The molecule has 2 atom stereocenters. The van der Waals surface area contributed by atoms with Crippen molar-refractivity contribution >= 4 is 58.1 Å². The largest absolute Gasteiger partial charge is 0.460 e. The van der Waals surface area contributed by atoms with Gasteiger partial charge in [-0.2, -0.15) is 0 Å². The van der Waals surface area contributed by atoms with Gasteiger partial charge in [-0.1, -0.05) is 60.3 Å². The Hall–Kier alpha value is -1.01. The molecule has 24 heavy (non-hydrogen) atoms. The number of carbonyl (C=O) groups excluding carboxylic acids is 1. The summed E-state index contributed by atoms with van der Waals surface area (Å²) in [6, 6.07) is 2.33. The Balaban J connectivity index is 2.08. The van der Waals surface area contributed by atoms with E-state index in [4.69, 9.17) is 51.1 Å². The van der Waals surface area contributed by atoms with E-state index >= 15 is 0 Å². The second-order valence-corrected chi connectivity index (χ2v) is 7.86. The van der Waals surface area contributed by atoms with Crippen molar-refractivity contribution in [1.29, 1.82) is 0 Å². The zero-order chi connectivity index (χ0) is 18.2. The van der Waals surface area contributed by atoms with Crippen LogP contribution in [-0.2, 0) is 16.1 Å². The van der Waals surface area contributed by atoms with E-state index in [-0.39, 0.29) is 44.1 Å². The molecule has 0 unspecified atom stereocenters. The number of rotatable bonds is 5. The summed E-state index contributed by atoms with van der Waals surface area (Å²) in [6.45, 7) is 3.64. The van der Waals surface area contributed by atoms with E-state index in [1.165, 1.54) is 0 Å². The summed E-state index contributed by atoms with van der Waals surface area (Å²) >= 11 is 23.3. The highest BCUT2D eigenvalue weighted by molar-refractivity contribution is 6.55. The molecule has 1 aromatic rings. The summed E-state index contributed by atoms with van der Waals surface area (Å²) in [7, 11) is 0. The van der Waals surface area contributed by atoms with Crippen LogP contribution in [-0.4, -0.2) is 10.9 Å². The number of benzene rings is 1. The fraction of sp³-hybridized carbons (Fsp3) is 0.400. The van der Waals surface area contributed by atoms with Gasteiger partial charge in [0.2, 0.25) is 0 Å². The van der Waals surface area contributed by atoms with Crippen LogP contribution in [0.1, 0.15) is 19.4 Å². The van der Waals surface area contributed by atoms with Gasteiger partial charge >= 0.3 is 5.97 Å². The Morgan fingerprint density at radius 3 is 2.33 bits per heavy atom. The van der Waals surface area contributed by atoms with Crippen molar-refractivity contribution in [3.8, 4) is 0 Å². The third-order valence-corrected chi connectivity index (χ3v) is 5.09. The zero-order valence-corrected chi connectivity index (χ0v) is 15.7. The predicted molar refractivity (Wildman–Crippen MR) is 93.5 cm³/mol. The lowest BCUT2D eigenvalue weighted by atomic mass is 10.1. The molecule has 0 saturated heterocycles. The van der Waals surface area contributed by atoms with Crippen LogP contribution in [0.15, 0.2) is 22.7 Å². The number of hydrogen-bond donors (Lipinski definition) is 0. The summed E-state index contributed by atoms with van der Waals surface area (Å²) in [5, 5.41) is 10.9. The number of non-ortho nitro benzene ring substituents is 1. The van der Waals surface area contributed by atoms with Gasteiger partial charge in [0.1, 0.15) is 11.1 Å². The van der Waals surface area contributed by atoms with E-state index in [9.17, 15) is 14.9 Å². The van der Waals surface area contributed by atoms with E-state index in [0.29, 0.717) is 5.56 Å². The molecule has 5 nitrogen and oxygen atoms in total. The van der Waals surface area contributed by atoms with Gasteiger partial charge in [0.15, 0.2) is 0 Å². The first kappa shape index (κ1) is 19.3. The third-order valence-electron chi connectivity index (χ3n) is 4.17. The Kier molecular flexibility index (Phi) is 5.70. The second kappa shape index (κ2) is 7.08. The third kappa shape index (κ3) is 3.97. The highest BCUT2D eigenvalue weighted by Gasteiger charge is 2.61.